The van der Waals surface area contributed by atoms with Crippen molar-refractivity contribution in [2.24, 2.45) is 0 Å². The van der Waals surface area contributed by atoms with Gasteiger partial charge >= 0.3 is 12.1 Å². The van der Waals surface area contributed by atoms with E-state index in [2.05, 4.69) is 4.98 Å². The molecule has 3 aromatic carbocycles. The SMILES string of the molecule is CCc1cccc(OC(=O)N(CCc2ccc(OCc3nc(-c4ccccc4)oc3C)cc2)CC(=O)O)c1. The largest absolute Gasteiger partial charge is 0.487 e. The Bertz CT molecular complexity index is 1370. The molecule has 8 heteroatoms. The minimum Gasteiger partial charge on any atom is -0.487 e. The zero-order valence-electron chi connectivity index (χ0n) is 21.4. The molecule has 0 spiro atoms. The number of amides is 1. The second kappa shape index (κ2) is 12.6. The molecule has 38 heavy (non-hydrogen) atoms. The van der Waals surface area contributed by atoms with Gasteiger partial charge in [0.05, 0.1) is 0 Å². The average molecular weight is 515 g/mol. The molecule has 0 fully saturated rings. The maximum Gasteiger partial charge on any atom is 0.415 e. The van der Waals surface area contributed by atoms with E-state index in [0.717, 1.165) is 28.8 Å². The Kier molecular flexibility index (Phi) is 8.77. The lowest BCUT2D eigenvalue weighted by Crippen LogP contribution is -2.39. The van der Waals surface area contributed by atoms with E-state index in [4.69, 9.17) is 13.9 Å². The van der Waals surface area contributed by atoms with Crippen LogP contribution in [0.1, 0.15) is 29.5 Å². The van der Waals surface area contributed by atoms with Gasteiger partial charge in [0.25, 0.3) is 0 Å². The van der Waals surface area contributed by atoms with E-state index in [1.807, 2.05) is 74.5 Å². The van der Waals surface area contributed by atoms with Crippen LogP contribution in [-0.4, -0.2) is 40.1 Å². The monoisotopic (exact) mass is 514 g/mol. The zero-order chi connectivity index (χ0) is 26.9. The predicted molar refractivity (Wildman–Crippen MR) is 142 cm³/mol. The van der Waals surface area contributed by atoms with Crippen molar-refractivity contribution >= 4 is 12.1 Å². The van der Waals surface area contributed by atoms with Crippen molar-refractivity contribution in [2.45, 2.75) is 33.3 Å². The first-order valence-corrected chi connectivity index (χ1v) is 12.4. The van der Waals surface area contributed by atoms with Crippen LogP contribution in [0.5, 0.6) is 11.5 Å². The summed E-state index contributed by atoms with van der Waals surface area (Å²) in [6, 6.07) is 24.3. The number of aryl methyl sites for hydroxylation is 2. The molecule has 8 nitrogen and oxygen atoms in total. The summed E-state index contributed by atoms with van der Waals surface area (Å²) in [6.07, 6.45) is 0.565. The maximum absolute atomic E-state index is 12.7. The van der Waals surface area contributed by atoms with Crippen LogP contribution in [0.25, 0.3) is 11.5 Å². The molecule has 0 radical (unpaired) electrons. The maximum atomic E-state index is 12.7. The smallest absolute Gasteiger partial charge is 0.415 e. The van der Waals surface area contributed by atoms with E-state index in [1.54, 1.807) is 18.2 Å². The topological polar surface area (TPSA) is 102 Å². The Balaban J connectivity index is 1.32. The molecule has 1 amide bonds. The minimum atomic E-state index is -1.11. The number of carbonyl (C=O) groups is 2. The van der Waals surface area contributed by atoms with E-state index in [9.17, 15) is 14.7 Å². The van der Waals surface area contributed by atoms with E-state index >= 15 is 0 Å². The number of carboxylic acid groups (broad SMARTS) is 1. The molecular formula is C30H30N2O6. The van der Waals surface area contributed by atoms with Crippen molar-refractivity contribution < 1.29 is 28.6 Å². The Hall–Kier alpha value is -4.59. The number of ether oxygens (including phenoxy) is 2. The number of nitrogens with zero attached hydrogens (tertiary/aromatic N) is 2. The van der Waals surface area contributed by atoms with Crippen LogP contribution in [0, 0.1) is 6.92 Å². The normalized spacial score (nSPS) is 10.7. The van der Waals surface area contributed by atoms with Crippen molar-refractivity contribution in [3.8, 4) is 23.0 Å². The first-order chi connectivity index (χ1) is 18.4. The van der Waals surface area contributed by atoms with Gasteiger partial charge in [-0.2, -0.15) is 0 Å². The number of aromatic nitrogens is 1. The third-order valence-electron chi connectivity index (χ3n) is 5.98. The van der Waals surface area contributed by atoms with Crippen LogP contribution in [0.4, 0.5) is 4.79 Å². The summed E-state index contributed by atoms with van der Waals surface area (Å²) in [7, 11) is 0. The van der Waals surface area contributed by atoms with E-state index in [1.165, 1.54) is 4.90 Å². The number of aliphatic carboxylic acids is 1. The molecule has 0 saturated heterocycles. The number of hydrogen-bond donors (Lipinski definition) is 1. The molecule has 0 bridgehead atoms. The van der Waals surface area contributed by atoms with E-state index in [-0.39, 0.29) is 13.2 Å². The lowest BCUT2D eigenvalue weighted by atomic mass is 10.1. The van der Waals surface area contributed by atoms with Crippen molar-refractivity contribution in [1.29, 1.82) is 0 Å². The molecule has 196 valence electrons. The fraction of sp³-hybridized carbons (Fsp3) is 0.233. The highest BCUT2D eigenvalue weighted by Gasteiger charge is 2.19. The van der Waals surface area contributed by atoms with Crippen LogP contribution in [0.3, 0.4) is 0 Å². The molecule has 0 aliphatic heterocycles. The van der Waals surface area contributed by atoms with Crippen LogP contribution in [-0.2, 0) is 24.2 Å². The molecule has 4 aromatic rings. The zero-order valence-corrected chi connectivity index (χ0v) is 21.4. The molecule has 1 heterocycles. The van der Waals surface area contributed by atoms with Gasteiger partial charge in [0.1, 0.15) is 36.1 Å². The van der Waals surface area contributed by atoms with Gasteiger partial charge in [-0.3, -0.25) is 9.69 Å². The molecule has 0 aliphatic carbocycles. The van der Waals surface area contributed by atoms with Gasteiger partial charge in [-0.15, -0.1) is 0 Å². The van der Waals surface area contributed by atoms with Gasteiger partial charge in [0.2, 0.25) is 5.89 Å². The van der Waals surface area contributed by atoms with Crippen molar-refractivity contribution in [3.63, 3.8) is 0 Å². The lowest BCUT2D eigenvalue weighted by molar-refractivity contribution is -0.137. The molecule has 1 aromatic heterocycles. The van der Waals surface area contributed by atoms with Gasteiger partial charge in [-0.1, -0.05) is 49.4 Å². The second-order valence-electron chi connectivity index (χ2n) is 8.75. The number of carboxylic acids is 1. The number of benzene rings is 3. The number of oxazole rings is 1. The summed E-state index contributed by atoms with van der Waals surface area (Å²) in [6.45, 7) is 3.87. The van der Waals surface area contributed by atoms with Crippen molar-refractivity contribution in [1.82, 2.24) is 9.88 Å². The summed E-state index contributed by atoms with van der Waals surface area (Å²) in [4.78, 5) is 29.7. The Morgan fingerprint density at radius 3 is 2.42 bits per heavy atom. The Morgan fingerprint density at radius 1 is 0.947 bits per heavy atom. The quantitative estimate of drug-likeness (QED) is 0.265. The van der Waals surface area contributed by atoms with Crippen LogP contribution >= 0.6 is 0 Å². The number of hydrogen-bond acceptors (Lipinski definition) is 6. The highest BCUT2D eigenvalue weighted by atomic mass is 16.6. The Labute approximate surface area is 221 Å². The van der Waals surface area contributed by atoms with Crippen molar-refractivity contribution in [2.75, 3.05) is 13.1 Å². The second-order valence-corrected chi connectivity index (χ2v) is 8.75. The number of carbonyl (C=O) groups excluding carboxylic acids is 1. The lowest BCUT2D eigenvalue weighted by Gasteiger charge is -2.20. The summed E-state index contributed by atoms with van der Waals surface area (Å²) >= 11 is 0. The highest BCUT2D eigenvalue weighted by molar-refractivity contribution is 5.78. The molecule has 0 unspecified atom stereocenters. The molecule has 1 N–H and O–H groups in total. The van der Waals surface area contributed by atoms with E-state index in [0.29, 0.717) is 29.6 Å². The predicted octanol–water partition coefficient (Wildman–Crippen LogP) is 5.92. The highest BCUT2D eigenvalue weighted by Crippen LogP contribution is 2.23. The standard InChI is InChI=1S/C30H30N2O6/c1-3-22-8-7-11-26(18-22)38-30(35)32(19-28(33)34)17-16-23-12-14-25(15-13-23)36-20-27-21(2)37-29(31-27)24-9-5-4-6-10-24/h4-15,18H,3,16-17,19-20H2,1-2H3,(H,33,34). The first-order valence-electron chi connectivity index (χ1n) is 12.4. The molecular weight excluding hydrogens is 484 g/mol. The summed E-state index contributed by atoms with van der Waals surface area (Å²) < 4.78 is 17.1. The van der Waals surface area contributed by atoms with Gasteiger partial charge in [0, 0.05) is 12.1 Å². The van der Waals surface area contributed by atoms with Gasteiger partial charge in [-0.25, -0.2) is 9.78 Å². The van der Waals surface area contributed by atoms with Crippen LogP contribution in [0.15, 0.2) is 83.3 Å². The molecule has 0 aliphatic rings. The fourth-order valence-electron chi connectivity index (χ4n) is 3.83. The molecule has 4 rings (SSSR count). The minimum absolute atomic E-state index is 0.194. The van der Waals surface area contributed by atoms with Crippen molar-refractivity contribution in [3.05, 3.63) is 101 Å². The summed E-state index contributed by atoms with van der Waals surface area (Å²) in [5, 5.41) is 9.28. The van der Waals surface area contributed by atoms with E-state index < -0.39 is 18.6 Å². The van der Waals surface area contributed by atoms with Crippen LogP contribution < -0.4 is 9.47 Å². The third-order valence-corrected chi connectivity index (χ3v) is 5.98. The van der Waals surface area contributed by atoms with Gasteiger partial charge in [0.15, 0.2) is 0 Å². The molecule has 0 atom stereocenters. The number of rotatable bonds is 11. The molecule has 0 saturated carbocycles. The van der Waals surface area contributed by atoms with Gasteiger partial charge < -0.3 is 19.0 Å². The summed E-state index contributed by atoms with van der Waals surface area (Å²) in [5.41, 5.74) is 3.58. The summed E-state index contributed by atoms with van der Waals surface area (Å²) in [5.74, 6) is 1.21. The Morgan fingerprint density at radius 2 is 1.71 bits per heavy atom. The third kappa shape index (κ3) is 7.22. The average Bonchev–Trinajstić information content (AvgIpc) is 3.31. The van der Waals surface area contributed by atoms with Gasteiger partial charge in [-0.05, 0) is 67.3 Å². The fourth-order valence-corrected chi connectivity index (χ4v) is 3.83. The van der Waals surface area contributed by atoms with Crippen LogP contribution in [0.2, 0.25) is 0 Å². The first kappa shape index (κ1) is 26.5.